The highest BCUT2D eigenvalue weighted by atomic mass is 32.2. The van der Waals surface area contributed by atoms with Gasteiger partial charge in [0, 0.05) is 0 Å². The summed E-state index contributed by atoms with van der Waals surface area (Å²) in [5, 5.41) is -0.787. The average Bonchev–Trinajstić information content (AvgIpc) is 2.22. The van der Waals surface area contributed by atoms with Crippen molar-refractivity contribution in [3.05, 3.63) is 0 Å². The summed E-state index contributed by atoms with van der Waals surface area (Å²) < 4.78 is 36.8. The van der Waals surface area contributed by atoms with Crippen molar-refractivity contribution < 1.29 is 18.0 Å². The van der Waals surface area contributed by atoms with Crippen LogP contribution in [-0.2, 0) is 4.79 Å². The summed E-state index contributed by atoms with van der Waals surface area (Å²) in [6.45, 7) is 3.06. The molecule has 1 aliphatic rings. The van der Waals surface area contributed by atoms with Gasteiger partial charge in [-0.25, -0.2) is 4.99 Å². The highest BCUT2D eigenvalue weighted by Crippen LogP contribution is 2.31. The SMILES string of the molecule is C#CC(CC(F)(F)F)SC1=NC(C)=NC(=O)C1C. The predicted octanol–water partition coefficient (Wildman–Crippen LogP) is 2.67. The van der Waals surface area contributed by atoms with Gasteiger partial charge in [-0.2, -0.15) is 18.2 Å². The normalized spacial score (nSPS) is 22.0. The highest BCUT2D eigenvalue weighted by molar-refractivity contribution is 8.14. The number of amides is 1. The summed E-state index contributed by atoms with van der Waals surface area (Å²) in [5.41, 5.74) is 0. The van der Waals surface area contributed by atoms with Gasteiger partial charge in [0.15, 0.2) is 0 Å². The first-order valence-electron chi connectivity index (χ1n) is 5.10. The smallest absolute Gasteiger partial charge is 0.272 e. The Kier molecular flexibility index (Phi) is 4.57. The fourth-order valence-electron chi connectivity index (χ4n) is 1.26. The van der Waals surface area contributed by atoms with Crippen molar-refractivity contribution in [2.24, 2.45) is 15.9 Å². The van der Waals surface area contributed by atoms with E-state index in [-0.39, 0.29) is 5.84 Å². The molecule has 0 radical (unpaired) electrons. The molecule has 0 aliphatic carbocycles. The van der Waals surface area contributed by atoms with Crippen LogP contribution in [0.2, 0.25) is 0 Å². The third kappa shape index (κ3) is 4.18. The fraction of sp³-hybridized carbons (Fsp3) is 0.545. The lowest BCUT2D eigenvalue weighted by molar-refractivity contribution is -0.132. The van der Waals surface area contributed by atoms with Gasteiger partial charge in [0.05, 0.1) is 22.6 Å². The number of hydrogen-bond donors (Lipinski definition) is 0. The van der Waals surface area contributed by atoms with Crippen LogP contribution in [0.3, 0.4) is 0 Å². The molecule has 0 aromatic carbocycles. The molecule has 0 aromatic rings. The van der Waals surface area contributed by atoms with Crippen LogP contribution in [0.15, 0.2) is 9.98 Å². The third-order valence-electron chi connectivity index (χ3n) is 2.15. The summed E-state index contributed by atoms with van der Waals surface area (Å²) >= 11 is 0.800. The molecule has 0 spiro atoms. The number of alkyl halides is 3. The van der Waals surface area contributed by atoms with Gasteiger partial charge in [0.2, 0.25) is 0 Å². The van der Waals surface area contributed by atoms with Gasteiger partial charge < -0.3 is 0 Å². The van der Waals surface area contributed by atoms with E-state index in [9.17, 15) is 18.0 Å². The molecular formula is C11H11F3N2OS. The number of halogens is 3. The average molecular weight is 276 g/mol. The molecule has 1 rings (SSSR count). The highest BCUT2D eigenvalue weighted by Gasteiger charge is 2.34. The van der Waals surface area contributed by atoms with E-state index in [4.69, 9.17) is 6.42 Å². The maximum Gasteiger partial charge on any atom is 0.391 e. The largest absolute Gasteiger partial charge is 0.391 e. The molecule has 0 N–H and O–H groups in total. The molecule has 0 saturated heterocycles. The summed E-state index contributed by atoms with van der Waals surface area (Å²) in [4.78, 5) is 19.0. The predicted molar refractivity (Wildman–Crippen MR) is 65.6 cm³/mol. The van der Waals surface area contributed by atoms with Crippen molar-refractivity contribution in [2.75, 3.05) is 0 Å². The molecule has 0 saturated carbocycles. The van der Waals surface area contributed by atoms with E-state index in [1.54, 1.807) is 6.92 Å². The van der Waals surface area contributed by atoms with Crippen LogP contribution in [0.1, 0.15) is 20.3 Å². The van der Waals surface area contributed by atoms with Crippen molar-refractivity contribution in [3.63, 3.8) is 0 Å². The zero-order valence-electron chi connectivity index (χ0n) is 9.78. The van der Waals surface area contributed by atoms with E-state index in [1.807, 2.05) is 0 Å². The topological polar surface area (TPSA) is 41.8 Å². The summed E-state index contributed by atoms with van der Waals surface area (Å²) in [6, 6.07) is 0. The van der Waals surface area contributed by atoms with E-state index in [0.717, 1.165) is 11.8 Å². The molecule has 18 heavy (non-hydrogen) atoms. The first-order chi connectivity index (χ1) is 8.23. The Bertz CT molecular complexity index is 448. The quantitative estimate of drug-likeness (QED) is 0.728. The Labute approximate surface area is 107 Å². The van der Waals surface area contributed by atoms with Gasteiger partial charge >= 0.3 is 6.18 Å². The summed E-state index contributed by atoms with van der Waals surface area (Å²) in [7, 11) is 0. The van der Waals surface area contributed by atoms with Gasteiger partial charge in [-0.05, 0) is 13.8 Å². The molecule has 98 valence electrons. The number of rotatable bonds is 2. The lowest BCUT2D eigenvalue weighted by atomic mass is 10.2. The molecule has 0 bridgehead atoms. The zero-order chi connectivity index (χ0) is 13.9. The van der Waals surface area contributed by atoms with Crippen LogP contribution in [0, 0.1) is 18.3 Å². The van der Waals surface area contributed by atoms with Gasteiger partial charge in [0.1, 0.15) is 5.84 Å². The number of carbonyl (C=O) groups is 1. The van der Waals surface area contributed by atoms with Gasteiger partial charge in [-0.1, -0.05) is 17.7 Å². The van der Waals surface area contributed by atoms with Crippen LogP contribution in [0.4, 0.5) is 13.2 Å². The second-order valence-electron chi connectivity index (χ2n) is 3.76. The standard InChI is InChI=1S/C11H11F3N2OS/c1-4-8(5-11(12,13)14)18-10-6(2)9(17)15-7(3)16-10/h1,6,8H,5H2,2-3H3. The van der Waals surface area contributed by atoms with Crippen molar-refractivity contribution >= 4 is 28.5 Å². The number of terminal acetylenes is 1. The van der Waals surface area contributed by atoms with Crippen molar-refractivity contribution in [3.8, 4) is 12.3 Å². The van der Waals surface area contributed by atoms with E-state index >= 15 is 0 Å². The maximum absolute atomic E-state index is 12.3. The van der Waals surface area contributed by atoms with E-state index < -0.39 is 29.7 Å². The van der Waals surface area contributed by atoms with Crippen molar-refractivity contribution in [1.82, 2.24) is 0 Å². The lowest BCUT2D eigenvalue weighted by Crippen LogP contribution is -2.26. The lowest BCUT2D eigenvalue weighted by Gasteiger charge is -2.19. The Hall–Kier alpha value is -1.29. The van der Waals surface area contributed by atoms with Crippen LogP contribution in [0.5, 0.6) is 0 Å². The van der Waals surface area contributed by atoms with Gasteiger partial charge in [-0.3, -0.25) is 4.79 Å². The van der Waals surface area contributed by atoms with E-state index in [0.29, 0.717) is 5.04 Å². The second-order valence-corrected chi connectivity index (χ2v) is 4.98. The van der Waals surface area contributed by atoms with E-state index in [2.05, 4.69) is 15.9 Å². The zero-order valence-corrected chi connectivity index (χ0v) is 10.6. The minimum atomic E-state index is -4.34. The molecule has 1 heterocycles. The van der Waals surface area contributed by atoms with Gasteiger partial charge in [0.25, 0.3) is 5.91 Å². The Balaban J connectivity index is 2.80. The number of aliphatic imine (C=N–C) groups is 2. The van der Waals surface area contributed by atoms with Crippen LogP contribution >= 0.6 is 11.8 Å². The first kappa shape index (κ1) is 14.8. The Morgan fingerprint density at radius 2 is 2.11 bits per heavy atom. The Morgan fingerprint density at radius 3 is 2.61 bits per heavy atom. The van der Waals surface area contributed by atoms with E-state index in [1.165, 1.54) is 6.92 Å². The minimum absolute atomic E-state index is 0.239. The van der Waals surface area contributed by atoms with Crippen molar-refractivity contribution in [1.29, 1.82) is 0 Å². The molecule has 1 aliphatic heterocycles. The molecular weight excluding hydrogens is 265 g/mol. The minimum Gasteiger partial charge on any atom is -0.272 e. The first-order valence-corrected chi connectivity index (χ1v) is 5.98. The number of nitrogens with zero attached hydrogens (tertiary/aromatic N) is 2. The number of thioether (sulfide) groups is 1. The summed E-state index contributed by atoms with van der Waals surface area (Å²) in [5.74, 6) is 1.26. The molecule has 1 amide bonds. The second kappa shape index (κ2) is 5.57. The molecule has 3 nitrogen and oxygen atoms in total. The van der Waals surface area contributed by atoms with Crippen LogP contribution in [0.25, 0.3) is 0 Å². The van der Waals surface area contributed by atoms with Crippen molar-refractivity contribution in [2.45, 2.75) is 31.7 Å². The molecule has 2 unspecified atom stereocenters. The molecule has 2 atom stereocenters. The van der Waals surface area contributed by atoms with Crippen LogP contribution < -0.4 is 0 Å². The van der Waals surface area contributed by atoms with Gasteiger partial charge in [-0.15, -0.1) is 6.42 Å². The third-order valence-corrected chi connectivity index (χ3v) is 3.42. The summed E-state index contributed by atoms with van der Waals surface area (Å²) in [6.07, 6.45) is -0.374. The molecule has 0 aromatic heterocycles. The number of amidine groups is 1. The monoisotopic (exact) mass is 276 g/mol. The maximum atomic E-state index is 12.3. The Morgan fingerprint density at radius 1 is 1.50 bits per heavy atom. The molecule has 0 fully saturated rings. The molecule has 7 heteroatoms. The fourth-order valence-corrected chi connectivity index (χ4v) is 2.38. The number of carbonyl (C=O) groups excluding carboxylic acids is 1. The van der Waals surface area contributed by atoms with Crippen LogP contribution in [-0.4, -0.2) is 28.2 Å². The number of hydrogen-bond acceptors (Lipinski definition) is 3.